The molecular formula is C7H16ClN3. The number of nitrogens with one attached hydrogen (secondary N) is 1. The Kier molecular flexibility index (Phi) is 4.15. The number of piperazine rings is 1. The molecule has 0 aromatic carbocycles. The van der Waals surface area contributed by atoms with Gasteiger partial charge in [-0.05, 0) is 18.2 Å². The highest BCUT2D eigenvalue weighted by atomic mass is 35.5. The first-order valence-corrected chi connectivity index (χ1v) is 4.56. The van der Waals surface area contributed by atoms with Crippen LogP contribution in [0.4, 0.5) is 0 Å². The van der Waals surface area contributed by atoms with Crippen molar-refractivity contribution in [3.05, 3.63) is 0 Å². The van der Waals surface area contributed by atoms with Crippen molar-refractivity contribution < 1.29 is 0 Å². The molecule has 0 aromatic heterocycles. The molecule has 0 spiro atoms. The molecule has 0 unspecified atom stereocenters. The van der Waals surface area contributed by atoms with E-state index < -0.39 is 0 Å². The molecule has 1 aliphatic heterocycles. The lowest BCUT2D eigenvalue weighted by Gasteiger charge is -2.30. The summed E-state index contributed by atoms with van der Waals surface area (Å²) in [6.07, 6.45) is 1.18. The summed E-state index contributed by atoms with van der Waals surface area (Å²) in [5.74, 6) is 0. The summed E-state index contributed by atoms with van der Waals surface area (Å²) in [6, 6.07) is 0. The molecular weight excluding hydrogens is 162 g/mol. The molecule has 0 aliphatic carbocycles. The standard InChI is InChI=1S/C7H16ClN3/c1-2-3-9-11-6-4-10(8)5-7-11/h9H,2-7H2,1H3. The number of halogens is 1. The van der Waals surface area contributed by atoms with E-state index in [1.165, 1.54) is 6.42 Å². The lowest BCUT2D eigenvalue weighted by atomic mass is 10.4. The highest BCUT2D eigenvalue weighted by Gasteiger charge is 2.13. The van der Waals surface area contributed by atoms with Crippen LogP contribution in [0, 0.1) is 0 Å². The Morgan fingerprint density at radius 3 is 2.45 bits per heavy atom. The van der Waals surface area contributed by atoms with E-state index >= 15 is 0 Å². The van der Waals surface area contributed by atoms with Crippen LogP contribution < -0.4 is 5.43 Å². The predicted octanol–water partition coefficient (Wildman–Crippen LogP) is 0.672. The first kappa shape index (κ1) is 9.26. The summed E-state index contributed by atoms with van der Waals surface area (Å²) in [5, 5.41) is 2.24. The summed E-state index contributed by atoms with van der Waals surface area (Å²) >= 11 is 5.79. The minimum Gasteiger partial charge on any atom is -0.255 e. The normalized spacial score (nSPS) is 22.4. The molecule has 1 heterocycles. The van der Waals surface area contributed by atoms with Gasteiger partial charge in [0, 0.05) is 32.7 Å². The van der Waals surface area contributed by atoms with E-state index in [1.807, 2.05) is 4.42 Å². The van der Waals surface area contributed by atoms with E-state index in [9.17, 15) is 0 Å². The minimum atomic E-state index is 0.957. The average Bonchev–Trinajstić information content (AvgIpc) is 2.04. The number of hydrogen-bond acceptors (Lipinski definition) is 3. The molecule has 1 N–H and O–H groups in total. The van der Waals surface area contributed by atoms with Crippen molar-refractivity contribution in [2.24, 2.45) is 0 Å². The lowest BCUT2D eigenvalue weighted by Crippen LogP contribution is -2.49. The van der Waals surface area contributed by atoms with Crippen molar-refractivity contribution in [3.8, 4) is 0 Å². The lowest BCUT2D eigenvalue weighted by molar-refractivity contribution is 0.131. The Labute approximate surface area is 73.4 Å². The van der Waals surface area contributed by atoms with Gasteiger partial charge in [0.1, 0.15) is 0 Å². The van der Waals surface area contributed by atoms with Gasteiger partial charge in [0.2, 0.25) is 0 Å². The number of nitrogens with zero attached hydrogens (tertiary/aromatic N) is 2. The van der Waals surface area contributed by atoms with Gasteiger partial charge >= 0.3 is 0 Å². The van der Waals surface area contributed by atoms with Crippen molar-refractivity contribution in [1.29, 1.82) is 0 Å². The van der Waals surface area contributed by atoms with Crippen LogP contribution in [0.1, 0.15) is 13.3 Å². The quantitative estimate of drug-likeness (QED) is 0.640. The number of hydrogen-bond donors (Lipinski definition) is 1. The van der Waals surface area contributed by atoms with Gasteiger partial charge in [-0.3, -0.25) is 5.43 Å². The van der Waals surface area contributed by atoms with Crippen LogP contribution in [0.3, 0.4) is 0 Å². The van der Waals surface area contributed by atoms with E-state index in [2.05, 4.69) is 17.4 Å². The third-order valence-electron chi connectivity index (χ3n) is 1.81. The first-order valence-electron chi connectivity index (χ1n) is 4.22. The molecule has 0 amide bonds. The van der Waals surface area contributed by atoms with Crippen molar-refractivity contribution in [3.63, 3.8) is 0 Å². The highest BCUT2D eigenvalue weighted by Crippen LogP contribution is 2.00. The summed E-state index contributed by atoms with van der Waals surface area (Å²) in [7, 11) is 0. The fraction of sp³-hybridized carbons (Fsp3) is 1.00. The van der Waals surface area contributed by atoms with E-state index in [0.29, 0.717) is 0 Å². The van der Waals surface area contributed by atoms with Crippen molar-refractivity contribution >= 4 is 11.8 Å². The largest absolute Gasteiger partial charge is 0.255 e. The maximum atomic E-state index is 5.79. The van der Waals surface area contributed by atoms with Gasteiger partial charge in [0.05, 0.1) is 0 Å². The predicted molar refractivity (Wildman–Crippen MR) is 47.3 cm³/mol. The second kappa shape index (κ2) is 4.93. The third kappa shape index (κ3) is 3.38. The molecule has 1 fully saturated rings. The van der Waals surface area contributed by atoms with Crippen LogP contribution in [-0.4, -0.2) is 42.2 Å². The summed E-state index contributed by atoms with van der Waals surface area (Å²) in [5.41, 5.74) is 3.34. The van der Waals surface area contributed by atoms with Crippen molar-refractivity contribution in [1.82, 2.24) is 14.9 Å². The molecule has 66 valence electrons. The molecule has 0 radical (unpaired) electrons. The van der Waals surface area contributed by atoms with Crippen molar-refractivity contribution in [2.45, 2.75) is 13.3 Å². The maximum absolute atomic E-state index is 5.79. The Morgan fingerprint density at radius 1 is 1.27 bits per heavy atom. The van der Waals surface area contributed by atoms with Gasteiger partial charge in [-0.1, -0.05) is 6.92 Å². The molecule has 0 aromatic rings. The van der Waals surface area contributed by atoms with Gasteiger partial charge in [-0.25, -0.2) is 9.43 Å². The maximum Gasteiger partial charge on any atom is 0.0281 e. The Morgan fingerprint density at radius 2 is 1.91 bits per heavy atom. The Bertz CT molecular complexity index is 99.1. The molecule has 0 atom stereocenters. The third-order valence-corrected chi connectivity index (χ3v) is 2.15. The van der Waals surface area contributed by atoms with E-state index in [4.69, 9.17) is 11.8 Å². The summed E-state index contributed by atoms with van der Waals surface area (Å²) in [6.45, 7) is 7.22. The van der Waals surface area contributed by atoms with Crippen LogP contribution in [0.25, 0.3) is 0 Å². The smallest absolute Gasteiger partial charge is 0.0281 e. The zero-order valence-corrected chi connectivity index (χ0v) is 7.77. The van der Waals surface area contributed by atoms with Gasteiger partial charge in [-0.2, -0.15) is 0 Å². The molecule has 0 bridgehead atoms. The SMILES string of the molecule is CCCNN1CCN(Cl)CC1. The Hall–Kier alpha value is 0.170. The van der Waals surface area contributed by atoms with Crippen LogP contribution in [0.15, 0.2) is 0 Å². The molecule has 4 heteroatoms. The van der Waals surface area contributed by atoms with Crippen LogP contribution in [0.5, 0.6) is 0 Å². The molecule has 0 saturated carbocycles. The second-order valence-corrected chi connectivity index (χ2v) is 3.28. The zero-order chi connectivity index (χ0) is 8.10. The zero-order valence-electron chi connectivity index (χ0n) is 7.02. The Balaban J connectivity index is 2.07. The topological polar surface area (TPSA) is 18.5 Å². The molecule has 3 nitrogen and oxygen atoms in total. The molecule has 1 saturated heterocycles. The van der Waals surface area contributed by atoms with E-state index in [1.54, 1.807) is 0 Å². The molecule has 1 rings (SSSR count). The highest BCUT2D eigenvalue weighted by molar-refractivity contribution is 6.13. The number of rotatable bonds is 3. The molecule has 1 aliphatic rings. The van der Waals surface area contributed by atoms with Gasteiger partial charge in [0.15, 0.2) is 0 Å². The second-order valence-electron chi connectivity index (χ2n) is 2.81. The summed E-state index contributed by atoms with van der Waals surface area (Å²) in [4.78, 5) is 0. The average molecular weight is 178 g/mol. The summed E-state index contributed by atoms with van der Waals surface area (Å²) < 4.78 is 1.84. The number of hydrazine groups is 1. The fourth-order valence-corrected chi connectivity index (χ4v) is 1.26. The van der Waals surface area contributed by atoms with Crippen LogP contribution >= 0.6 is 11.8 Å². The van der Waals surface area contributed by atoms with E-state index in [0.717, 1.165) is 32.7 Å². The van der Waals surface area contributed by atoms with Gasteiger partial charge in [0.25, 0.3) is 0 Å². The monoisotopic (exact) mass is 177 g/mol. The van der Waals surface area contributed by atoms with Crippen LogP contribution in [-0.2, 0) is 0 Å². The minimum absolute atomic E-state index is 0.957. The van der Waals surface area contributed by atoms with Gasteiger partial charge < -0.3 is 0 Å². The first-order chi connectivity index (χ1) is 5.33. The van der Waals surface area contributed by atoms with Crippen molar-refractivity contribution in [2.75, 3.05) is 32.7 Å². The fourth-order valence-electron chi connectivity index (χ4n) is 1.11. The van der Waals surface area contributed by atoms with E-state index in [-0.39, 0.29) is 0 Å². The van der Waals surface area contributed by atoms with Gasteiger partial charge in [-0.15, -0.1) is 0 Å². The molecule has 11 heavy (non-hydrogen) atoms. The van der Waals surface area contributed by atoms with Crippen LogP contribution in [0.2, 0.25) is 0 Å².